The summed E-state index contributed by atoms with van der Waals surface area (Å²) in [6.45, 7) is 2.76. The predicted octanol–water partition coefficient (Wildman–Crippen LogP) is 3.93. The number of methoxy groups -OCH3 is 1. The standard InChI is InChI=1S/C15H16INO2/c1-10-5-3-4-6-13(10)17-9-11-7-12(16)15(18)14(8-11)19-2/h3-8,17-18H,9H2,1-2H3. The molecule has 0 unspecified atom stereocenters. The molecule has 0 aliphatic heterocycles. The summed E-state index contributed by atoms with van der Waals surface area (Å²) in [6, 6.07) is 12.0. The highest BCUT2D eigenvalue weighted by molar-refractivity contribution is 14.1. The lowest BCUT2D eigenvalue weighted by atomic mass is 10.1. The number of anilines is 1. The molecule has 0 heterocycles. The molecule has 0 aromatic heterocycles. The van der Waals surface area contributed by atoms with Crippen molar-refractivity contribution >= 4 is 28.3 Å². The van der Waals surface area contributed by atoms with Crippen molar-refractivity contribution in [3.63, 3.8) is 0 Å². The lowest BCUT2D eigenvalue weighted by Gasteiger charge is -2.12. The van der Waals surface area contributed by atoms with Gasteiger partial charge in [0.25, 0.3) is 0 Å². The third-order valence-electron chi connectivity index (χ3n) is 2.94. The maximum absolute atomic E-state index is 9.80. The van der Waals surface area contributed by atoms with Crippen LogP contribution in [0.25, 0.3) is 0 Å². The fourth-order valence-electron chi connectivity index (χ4n) is 1.85. The molecule has 100 valence electrons. The van der Waals surface area contributed by atoms with Crippen LogP contribution in [-0.2, 0) is 6.54 Å². The molecule has 0 fully saturated rings. The van der Waals surface area contributed by atoms with Crippen LogP contribution >= 0.6 is 22.6 Å². The van der Waals surface area contributed by atoms with Gasteiger partial charge >= 0.3 is 0 Å². The molecule has 4 heteroatoms. The predicted molar refractivity (Wildman–Crippen MR) is 85.9 cm³/mol. The first-order valence-electron chi connectivity index (χ1n) is 5.96. The van der Waals surface area contributed by atoms with Gasteiger partial charge in [-0.3, -0.25) is 0 Å². The van der Waals surface area contributed by atoms with Crippen molar-refractivity contribution < 1.29 is 9.84 Å². The molecule has 0 spiro atoms. The number of para-hydroxylation sites is 1. The zero-order valence-corrected chi connectivity index (χ0v) is 13.1. The maximum atomic E-state index is 9.80. The van der Waals surface area contributed by atoms with Crippen LogP contribution in [0, 0.1) is 10.5 Å². The fraction of sp³-hybridized carbons (Fsp3) is 0.200. The minimum Gasteiger partial charge on any atom is -0.504 e. The van der Waals surface area contributed by atoms with E-state index in [0.717, 1.165) is 14.8 Å². The molecule has 3 nitrogen and oxygen atoms in total. The number of hydrogen-bond donors (Lipinski definition) is 2. The molecule has 0 aliphatic carbocycles. The summed E-state index contributed by atoms with van der Waals surface area (Å²) in [7, 11) is 1.56. The van der Waals surface area contributed by atoms with Crippen molar-refractivity contribution in [1.82, 2.24) is 0 Å². The Morgan fingerprint density at radius 2 is 2.00 bits per heavy atom. The summed E-state index contributed by atoms with van der Waals surface area (Å²) in [5.41, 5.74) is 3.40. The molecule has 0 saturated carbocycles. The lowest BCUT2D eigenvalue weighted by molar-refractivity contribution is 0.371. The average Bonchev–Trinajstić information content (AvgIpc) is 2.41. The van der Waals surface area contributed by atoms with Crippen molar-refractivity contribution in [2.24, 2.45) is 0 Å². The van der Waals surface area contributed by atoms with Crippen molar-refractivity contribution in [3.8, 4) is 11.5 Å². The summed E-state index contributed by atoms with van der Waals surface area (Å²) in [6.07, 6.45) is 0. The minimum absolute atomic E-state index is 0.197. The van der Waals surface area contributed by atoms with Crippen molar-refractivity contribution in [3.05, 3.63) is 51.1 Å². The van der Waals surface area contributed by atoms with Crippen molar-refractivity contribution in [1.29, 1.82) is 0 Å². The first-order chi connectivity index (χ1) is 9.11. The largest absolute Gasteiger partial charge is 0.504 e. The normalized spacial score (nSPS) is 10.3. The van der Waals surface area contributed by atoms with Gasteiger partial charge in [0, 0.05) is 12.2 Å². The lowest BCUT2D eigenvalue weighted by Crippen LogP contribution is -2.01. The highest BCUT2D eigenvalue weighted by Gasteiger charge is 2.08. The molecule has 2 rings (SSSR count). The van der Waals surface area contributed by atoms with Gasteiger partial charge in [0.05, 0.1) is 10.7 Å². The number of ether oxygens (including phenoxy) is 1. The van der Waals surface area contributed by atoms with E-state index in [4.69, 9.17) is 4.74 Å². The number of halogens is 1. The smallest absolute Gasteiger partial charge is 0.171 e. The number of phenolic OH excluding ortho intramolecular Hbond substituents is 1. The Kier molecular flexibility index (Phi) is 4.52. The van der Waals surface area contributed by atoms with Crippen LogP contribution in [0.15, 0.2) is 36.4 Å². The number of nitrogens with one attached hydrogen (secondary N) is 1. The molecule has 0 amide bonds. The highest BCUT2D eigenvalue weighted by Crippen LogP contribution is 2.32. The Hall–Kier alpha value is -1.43. The second-order valence-corrected chi connectivity index (χ2v) is 5.46. The van der Waals surface area contributed by atoms with E-state index in [0.29, 0.717) is 12.3 Å². The van der Waals surface area contributed by atoms with Crippen LogP contribution in [0.1, 0.15) is 11.1 Å². The molecule has 0 atom stereocenters. The number of rotatable bonds is 4. The van der Waals surface area contributed by atoms with Crippen LogP contribution in [-0.4, -0.2) is 12.2 Å². The van der Waals surface area contributed by atoms with E-state index >= 15 is 0 Å². The molecule has 2 N–H and O–H groups in total. The van der Waals surface area contributed by atoms with Gasteiger partial charge in [-0.15, -0.1) is 0 Å². The van der Waals surface area contributed by atoms with E-state index in [-0.39, 0.29) is 5.75 Å². The minimum atomic E-state index is 0.197. The first kappa shape index (κ1) is 14.0. The monoisotopic (exact) mass is 369 g/mol. The fourth-order valence-corrected chi connectivity index (χ4v) is 2.52. The van der Waals surface area contributed by atoms with E-state index in [2.05, 4.69) is 47.0 Å². The van der Waals surface area contributed by atoms with Crippen molar-refractivity contribution in [2.45, 2.75) is 13.5 Å². The Morgan fingerprint density at radius 3 is 2.68 bits per heavy atom. The molecular weight excluding hydrogens is 353 g/mol. The molecule has 2 aromatic carbocycles. The summed E-state index contributed by atoms with van der Waals surface area (Å²) in [5.74, 6) is 0.705. The molecule has 0 radical (unpaired) electrons. The van der Waals surface area contributed by atoms with E-state index in [1.807, 2.05) is 24.3 Å². The van der Waals surface area contributed by atoms with E-state index in [1.165, 1.54) is 5.56 Å². The zero-order chi connectivity index (χ0) is 13.8. The molecule has 19 heavy (non-hydrogen) atoms. The Bertz CT molecular complexity index is 584. The second kappa shape index (κ2) is 6.14. The number of benzene rings is 2. The van der Waals surface area contributed by atoms with Gasteiger partial charge < -0.3 is 15.2 Å². The van der Waals surface area contributed by atoms with E-state index in [9.17, 15) is 5.11 Å². The van der Waals surface area contributed by atoms with Gasteiger partial charge in [-0.25, -0.2) is 0 Å². The Morgan fingerprint density at radius 1 is 1.26 bits per heavy atom. The van der Waals surface area contributed by atoms with Crippen LogP contribution in [0.2, 0.25) is 0 Å². The van der Waals surface area contributed by atoms with Gasteiger partial charge in [-0.1, -0.05) is 18.2 Å². The maximum Gasteiger partial charge on any atom is 0.171 e. The van der Waals surface area contributed by atoms with Gasteiger partial charge in [-0.2, -0.15) is 0 Å². The van der Waals surface area contributed by atoms with Gasteiger partial charge in [-0.05, 0) is 58.8 Å². The third kappa shape index (κ3) is 3.32. The molecule has 0 aliphatic rings. The average molecular weight is 369 g/mol. The van der Waals surface area contributed by atoms with Gasteiger partial charge in [0.2, 0.25) is 0 Å². The molecule has 0 saturated heterocycles. The molecule has 0 bridgehead atoms. The quantitative estimate of drug-likeness (QED) is 0.803. The molecule has 2 aromatic rings. The van der Waals surface area contributed by atoms with E-state index in [1.54, 1.807) is 7.11 Å². The summed E-state index contributed by atoms with van der Waals surface area (Å²) < 4.78 is 5.95. The highest BCUT2D eigenvalue weighted by atomic mass is 127. The zero-order valence-electron chi connectivity index (χ0n) is 10.9. The van der Waals surface area contributed by atoms with Crippen LogP contribution in [0.4, 0.5) is 5.69 Å². The Labute approximate surface area is 126 Å². The number of aryl methyl sites for hydroxylation is 1. The second-order valence-electron chi connectivity index (χ2n) is 4.30. The van der Waals surface area contributed by atoms with Crippen molar-refractivity contribution in [2.75, 3.05) is 12.4 Å². The Balaban J connectivity index is 2.16. The number of aromatic hydroxyl groups is 1. The SMILES string of the molecule is COc1cc(CNc2ccccc2C)cc(I)c1O. The topological polar surface area (TPSA) is 41.5 Å². The van der Waals surface area contributed by atoms with Crippen LogP contribution in [0.3, 0.4) is 0 Å². The summed E-state index contributed by atoms with van der Waals surface area (Å²) in [5, 5.41) is 13.2. The van der Waals surface area contributed by atoms with E-state index < -0.39 is 0 Å². The first-order valence-corrected chi connectivity index (χ1v) is 7.04. The van der Waals surface area contributed by atoms with Crippen LogP contribution in [0.5, 0.6) is 11.5 Å². The summed E-state index contributed by atoms with van der Waals surface area (Å²) >= 11 is 2.10. The number of hydrogen-bond acceptors (Lipinski definition) is 3. The third-order valence-corrected chi connectivity index (χ3v) is 3.76. The van der Waals surface area contributed by atoms with Gasteiger partial charge in [0.1, 0.15) is 0 Å². The number of phenols is 1. The summed E-state index contributed by atoms with van der Waals surface area (Å²) in [4.78, 5) is 0. The molecular formula is C15H16INO2. The van der Waals surface area contributed by atoms with Crippen LogP contribution < -0.4 is 10.1 Å². The van der Waals surface area contributed by atoms with Gasteiger partial charge in [0.15, 0.2) is 11.5 Å².